The number of benzene rings is 5. The van der Waals surface area contributed by atoms with Crippen molar-refractivity contribution in [3.63, 3.8) is 0 Å². The Hall–Kier alpha value is -3.61. The Kier molecular flexibility index (Phi) is 10.8. The average molecular weight is 683 g/mol. The third kappa shape index (κ3) is 7.61. The quantitative estimate of drug-likeness (QED) is 0.173. The molecule has 0 aliphatic heterocycles. The number of carbonyl (C=O) groups is 2. The van der Waals surface area contributed by atoms with Gasteiger partial charge in [0.2, 0.25) is 0 Å². The van der Waals surface area contributed by atoms with Gasteiger partial charge in [-0.1, -0.05) is 105 Å². The van der Waals surface area contributed by atoms with Gasteiger partial charge < -0.3 is 9.47 Å². The van der Waals surface area contributed by atoms with Gasteiger partial charge in [0.15, 0.2) is 0 Å². The van der Waals surface area contributed by atoms with E-state index in [4.69, 9.17) is 44.3 Å². The summed E-state index contributed by atoms with van der Waals surface area (Å²) in [6.45, 7) is 0. The van der Waals surface area contributed by atoms with Gasteiger partial charge in [0, 0.05) is 36.2 Å². The number of esters is 2. The lowest BCUT2D eigenvalue weighted by atomic mass is 9.96. The van der Waals surface area contributed by atoms with Gasteiger partial charge in [-0.3, -0.25) is 0 Å². The molecule has 0 radical (unpaired) electrons. The summed E-state index contributed by atoms with van der Waals surface area (Å²) in [4.78, 5) is 23.6. The molecule has 0 aromatic heterocycles. The first-order chi connectivity index (χ1) is 20.2. The normalized spacial score (nSPS) is 10.3. The highest BCUT2D eigenvalue weighted by Gasteiger charge is 2.14. The minimum Gasteiger partial charge on any atom is -0.465 e. The summed E-state index contributed by atoms with van der Waals surface area (Å²) in [7, 11) is 2.72. The van der Waals surface area contributed by atoms with Gasteiger partial charge >= 0.3 is 11.9 Å². The van der Waals surface area contributed by atoms with Crippen LogP contribution in [0.2, 0.25) is 15.1 Å². The minimum absolute atomic E-state index is 0.371. The van der Waals surface area contributed by atoms with Crippen LogP contribution in [0.15, 0.2) is 114 Å². The van der Waals surface area contributed by atoms with Crippen LogP contribution in [0, 0.1) is 0 Å². The van der Waals surface area contributed by atoms with Crippen molar-refractivity contribution in [2.24, 2.45) is 0 Å². The van der Waals surface area contributed by atoms with E-state index in [-0.39, 0.29) is 5.97 Å². The van der Waals surface area contributed by atoms with Gasteiger partial charge in [-0.15, -0.1) is 0 Å². The highest BCUT2D eigenvalue weighted by atomic mass is 79.9. The van der Waals surface area contributed by atoms with E-state index >= 15 is 0 Å². The van der Waals surface area contributed by atoms with Crippen LogP contribution in [0.4, 0.5) is 0 Å². The molecule has 5 aromatic carbocycles. The number of hydrogen-bond donors (Lipinski definition) is 0. The summed E-state index contributed by atoms with van der Waals surface area (Å²) < 4.78 is 10.4. The van der Waals surface area contributed by atoms with Crippen molar-refractivity contribution in [2.75, 3.05) is 14.2 Å². The van der Waals surface area contributed by atoms with E-state index in [0.29, 0.717) is 26.2 Å². The van der Waals surface area contributed by atoms with Crippen LogP contribution in [0.25, 0.3) is 33.4 Å². The van der Waals surface area contributed by atoms with Crippen LogP contribution in [0.5, 0.6) is 0 Å². The summed E-state index contributed by atoms with van der Waals surface area (Å²) in [5, 5.41) is 1.88. The third-order valence-corrected chi connectivity index (χ3v) is 7.67. The van der Waals surface area contributed by atoms with Crippen LogP contribution >= 0.6 is 50.7 Å². The first-order valence-electron chi connectivity index (χ1n) is 12.6. The second-order valence-electron chi connectivity index (χ2n) is 8.95. The van der Waals surface area contributed by atoms with Crippen LogP contribution in [0.3, 0.4) is 0 Å². The van der Waals surface area contributed by atoms with Crippen molar-refractivity contribution in [3.8, 4) is 33.4 Å². The smallest absolute Gasteiger partial charge is 0.337 e. The highest BCUT2D eigenvalue weighted by Crippen LogP contribution is 2.35. The van der Waals surface area contributed by atoms with Crippen LogP contribution < -0.4 is 0 Å². The maximum absolute atomic E-state index is 12.1. The molecule has 0 aliphatic rings. The Morgan fingerprint density at radius 1 is 0.524 bits per heavy atom. The second kappa shape index (κ2) is 14.5. The van der Waals surface area contributed by atoms with Gasteiger partial charge in [-0.25, -0.2) is 9.59 Å². The van der Waals surface area contributed by atoms with Crippen molar-refractivity contribution >= 4 is 62.7 Å². The van der Waals surface area contributed by atoms with Crippen molar-refractivity contribution in [3.05, 3.63) is 140 Å². The molecule has 0 N–H and O–H groups in total. The fourth-order valence-corrected chi connectivity index (χ4v) is 5.47. The van der Waals surface area contributed by atoms with E-state index in [1.54, 1.807) is 24.3 Å². The van der Waals surface area contributed by atoms with Crippen molar-refractivity contribution in [1.29, 1.82) is 0 Å². The Morgan fingerprint density at radius 2 is 0.857 bits per heavy atom. The summed E-state index contributed by atoms with van der Waals surface area (Å²) in [6, 6.07) is 33.4. The maximum Gasteiger partial charge on any atom is 0.337 e. The molecule has 5 rings (SSSR count). The predicted molar refractivity (Wildman–Crippen MR) is 175 cm³/mol. The number of halogens is 4. The largest absolute Gasteiger partial charge is 0.465 e. The van der Waals surface area contributed by atoms with Gasteiger partial charge in [0.1, 0.15) is 0 Å². The molecular formula is C34H24BrCl3O4. The fraction of sp³-hybridized carbons (Fsp3) is 0.0588. The molecule has 0 heterocycles. The molecule has 0 saturated heterocycles. The predicted octanol–water partition coefficient (Wildman–Crippen LogP) is 10.7. The minimum atomic E-state index is -0.405. The lowest BCUT2D eigenvalue weighted by Crippen LogP contribution is -2.02. The summed E-state index contributed by atoms with van der Waals surface area (Å²) >= 11 is 22.2. The zero-order valence-corrected chi connectivity index (χ0v) is 26.4. The third-order valence-electron chi connectivity index (χ3n) is 6.23. The van der Waals surface area contributed by atoms with Crippen molar-refractivity contribution in [2.45, 2.75) is 0 Å². The highest BCUT2D eigenvalue weighted by molar-refractivity contribution is 9.10. The van der Waals surface area contributed by atoms with Crippen LogP contribution in [-0.2, 0) is 9.47 Å². The van der Waals surface area contributed by atoms with Gasteiger partial charge in [-0.2, -0.15) is 0 Å². The SMILES string of the molecule is COC(=O)c1cc(-c2ccccc2Cl)cc(-c2ccccc2Cl)c1.COC(=O)c1cc(Br)cc(-c2ccccc2Cl)c1. The number of methoxy groups -OCH3 is 2. The number of carbonyl (C=O) groups excluding carboxylic acids is 2. The summed E-state index contributed by atoms with van der Waals surface area (Å²) in [5.41, 5.74) is 6.04. The first-order valence-corrected chi connectivity index (χ1v) is 14.5. The van der Waals surface area contributed by atoms with E-state index in [1.807, 2.05) is 84.9 Å². The Balaban J connectivity index is 0.000000201. The molecular weight excluding hydrogens is 659 g/mol. The molecule has 0 fully saturated rings. The topological polar surface area (TPSA) is 52.6 Å². The van der Waals surface area contributed by atoms with E-state index < -0.39 is 5.97 Å². The molecule has 42 heavy (non-hydrogen) atoms. The van der Waals surface area contributed by atoms with E-state index in [2.05, 4.69) is 15.9 Å². The molecule has 0 spiro atoms. The molecule has 8 heteroatoms. The zero-order chi connectivity index (χ0) is 30.2. The van der Waals surface area contributed by atoms with Crippen LogP contribution in [-0.4, -0.2) is 26.2 Å². The summed E-state index contributed by atoms with van der Waals surface area (Å²) in [5.74, 6) is -0.776. The standard InChI is InChI=1S/C20H14Cl2O2.C14H10BrClO2/c1-24-20(23)15-11-13(16-6-2-4-8-18(16)21)10-14(12-15)17-7-3-5-9-19(17)22;1-18-14(17)10-6-9(7-11(15)8-10)12-4-2-3-5-13(12)16/h2-12H,1H3;2-8H,1H3. The molecule has 0 amide bonds. The Labute approximate surface area is 267 Å². The van der Waals surface area contributed by atoms with Crippen molar-refractivity contribution < 1.29 is 19.1 Å². The van der Waals surface area contributed by atoms with E-state index in [1.165, 1.54) is 14.2 Å². The zero-order valence-electron chi connectivity index (χ0n) is 22.5. The molecule has 0 saturated carbocycles. The molecule has 0 bridgehead atoms. The summed E-state index contributed by atoms with van der Waals surface area (Å²) in [6.07, 6.45) is 0. The molecule has 0 atom stereocenters. The molecule has 0 aliphatic carbocycles. The number of hydrogen-bond acceptors (Lipinski definition) is 4. The molecule has 4 nitrogen and oxygen atoms in total. The Morgan fingerprint density at radius 3 is 1.21 bits per heavy atom. The average Bonchev–Trinajstić information content (AvgIpc) is 3.00. The molecule has 212 valence electrons. The van der Waals surface area contributed by atoms with Crippen LogP contribution in [0.1, 0.15) is 20.7 Å². The lowest BCUT2D eigenvalue weighted by Gasteiger charge is -2.11. The molecule has 5 aromatic rings. The fourth-order valence-electron chi connectivity index (χ4n) is 4.24. The van der Waals surface area contributed by atoms with Gasteiger partial charge in [0.05, 0.1) is 25.3 Å². The van der Waals surface area contributed by atoms with E-state index in [0.717, 1.165) is 37.9 Å². The van der Waals surface area contributed by atoms with Gasteiger partial charge in [0.25, 0.3) is 0 Å². The Bertz CT molecular complexity index is 1690. The first kappa shape index (κ1) is 31.3. The van der Waals surface area contributed by atoms with Gasteiger partial charge in [-0.05, 0) is 71.3 Å². The monoisotopic (exact) mass is 680 g/mol. The van der Waals surface area contributed by atoms with Crippen molar-refractivity contribution in [1.82, 2.24) is 0 Å². The molecule has 0 unspecified atom stereocenters. The second-order valence-corrected chi connectivity index (χ2v) is 11.1. The number of rotatable bonds is 5. The number of ether oxygens (including phenoxy) is 2. The lowest BCUT2D eigenvalue weighted by molar-refractivity contribution is 0.0592. The maximum atomic E-state index is 12.1. The van der Waals surface area contributed by atoms with E-state index in [9.17, 15) is 9.59 Å².